The normalized spacial score (nSPS) is 19.4. The number of nitrogens with zero attached hydrogens (tertiary/aromatic N) is 1. The third kappa shape index (κ3) is 4.06. The molecule has 1 saturated heterocycles. The molecule has 1 aliphatic heterocycles. The first-order chi connectivity index (χ1) is 10.1. The molecule has 0 unspecified atom stereocenters. The highest BCUT2D eigenvalue weighted by Gasteiger charge is 2.37. The molecule has 1 heterocycles. The van der Waals surface area contributed by atoms with Gasteiger partial charge >= 0.3 is 6.09 Å². The van der Waals surface area contributed by atoms with Gasteiger partial charge < -0.3 is 4.74 Å². The molecule has 1 aliphatic rings. The minimum Gasteiger partial charge on any atom is -0.447 e. The summed E-state index contributed by atoms with van der Waals surface area (Å²) >= 11 is 0. The van der Waals surface area contributed by atoms with Gasteiger partial charge in [0.05, 0.1) is 6.04 Å². The Bertz CT molecular complexity index is 486. The first-order valence-electron chi connectivity index (χ1n) is 7.64. The van der Waals surface area contributed by atoms with E-state index in [0.717, 1.165) is 18.4 Å². The molecule has 1 aromatic rings. The zero-order valence-electron chi connectivity index (χ0n) is 12.7. The van der Waals surface area contributed by atoms with Gasteiger partial charge in [-0.25, -0.2) is 9.69 Å². The predicted octanol–water partition coefficient (Wildman–Crippen LogP) is 3.40. The quantitative estimate of drug-likeness (QED) is 0.806. The van der Waals surface area contributed by atoms with Crippen LogP contribution in [0, 0.1) is 5.92 Å². The van der Waals surface area contributed by atoms with E-state index >= 15 is 0 Å². The largest absolute Gasteiger partial charge is 0.447 e. The summed E-state index contributed by atoms with van der Waals surface area (Å²) < 4.78 is 5.07. The van der Waals surface area contributed by atoms with Crippen molar-refractivity contribution in [3.8, 4) is 0 Å². The maximum atomic E-state index is 12.3. The van der Waals surface area contributed by atoms with Crippen molar-refractivity contribution >= 4 is 12.0 Å². The summed E-state index contributed by atoms with van der Waals surface area (Å²) in [7, 11) is 0. The van der Waals surface area contributed by atoms with Gasteiger partial charge in [0.2, 0.25) is 5.91 Å². The Kier molecular flexibility index (Phi) is 5.37. The maximum Gasteiger partial charge on any atom is 0.416 e. The van der Waals surface area contributed by atoms with Gasteiger partial charge in [-0.05, 0) is 24.3 Å². The third-order valence-corrected chi connectivity index (χ3v) is 4.09. The van der Waals surface area contributed by atoms with E-state index in [9.17, 15) is 9.59 Å². The summed E-state index contributed by atoms with van der Waals surface area (Å²) in [5, 5.41) is 0. The van der Waals surface area contributed by atoms with E-state index in [0.29, 0.717) is 25.4 Å². The van der Waals surface area contributed by atoms with Gasteiger partial charge in [0.15, 0.2) is 0 Å². The molecule has 2 rings (SSSR count). The van der Waals surface area contributed by atoms with E-state index in [1.54, 1.807) is 0 Å². The summed E-state index contributed by atoms with van der Waals surface area (Å²) in [6.45, 7) is 4.53. The van der Waals surface area contributed by atoms with Gasteiger partial charge in [-0.3, -0.25) is 4.79 Å². The molecule has 21 heavy (non-hydrogen) atoms. The second-order valence-electron chi connectivity index (χ2n) is 5.74. The van der Waals surface area contributed by atoms with Crippen LogP contribution in [-0.4, -0.2) is 29.5 Å². The van der Waals surface area contributed by atoms with Gasteiger partial charge in [0.25, 0.3) is 0 Å². The summed E-state index contributed by atoms with van der Waals surface area (Å²) in [6.07, 6.45) is 2.43. The minimum atomic E-state index is -0.495. The molecule has 0 saturated carbocycles. The number of rotatable bonds is 6. The van der Waals surface area contributed by atoms with Crippen LogP contribution in [0.1, 0.15) is 38.7 Å². The number of amides is 2. The fourth-order valence-corrected chi connectivity index (χ4v) is 2.50. The highest BCUT2D eigenvalue weighted by Crippen LogP contribution is 2.20. The Morgan fingerprint density at radius 2 is 2.10 bits per heavy atom. The maximum absolute atomic E-state index is 12.3. The van der Waals surface area contributed by atoms with Crippen LogP contribution in [0.3, 0.4) is 0 Å². The van der Waals surface area contributed by atoms with E-state index in [4.69, 9.17) is 4.74 Å². The average Bonchev–Trinajstić information content (AvgIpc) is 2.86. The lowest BCUT2D eigenvalue weighted by molar-refractivity contribution is -0.129. The Labute approximate surface area is 126 Å². The predicted molar refractivity (Wildman–Crippen MR) is 80.8 cm³/mol. The lowest BCUT2D eigenvalue weighted by Crippen LogP contribution is -2.40. The van der Waals surface area contributed by atoms with Gasteiger partial charge in [-0.2, -0.15) is 0 Å². The first-order valence-corrected chi connectivity index (χ1v) is 7.64. The number of carbonyl (C=O) groups excluding carboxylic acids is 2. The van der Waals surface area contributed by atoms with Gasteiger partial charge in [-0.1, -0.05) is 50.6 Å². The molecule has 0 aromatic heterocycles. The highest BCUT2D eigenvalue weighted by molar-refractivity contribution is 5.93. The topological polar surface area (TPSA) is 46.6 Å². The Morgan fingerprint density at radius 3 is 2.76 bits per heavy atom. The van der Waals surface area contributed by atoms with Crippen molar-refractivity contribution in [2.24, 2.45) is 5.92 Å². The number of benzene rings is 1. The molecule has 0 radical (unpaired) electrons. The molecule has 0 bridgehead atoms. The van der Waals surface area contributed by atoms with Crippen LogP contribution < -0.4 is 0 Å². The number of hydrogen-bond acceptors (Lipinski definition) is 3. The number of ether oxygens (including phenoxy) is 1. The Morgan fingerprint density at radius 1 is 1.38 bits per heavy atom. The van der Waals surface area contributed by atoms with Crippen LogP contribution in [0.4, 0.5) is 4.79 Å². The Balaban J connectivity index is 1.98. The van der Waals surface area contributed by atoms with Crippen LogP contribution in [0.2, 0.25) is 0 Å². The molecule has 0 aliphatic carbocycles. The SMILES string of the molecule is CC[C@@H](C)CCC(=O)N1C(=O)OC[C@@H]1Cc1ccccc1. The van der Waals surface area contributed by atoms with Crippen molar-refractivity contribution in [3.63, 3.8) is 0 Å². The van der Waals surface area contributed by atoms with Crippen LogP contribution in [-0.2, 0) is 16.0 Å². The summed E-state index contributed by atoms with van der Waals surface area (Å²) in [5.74, 6) is 0.388. The van der Waals surface area contributed by atoms with E-state index in [-0.39, 0.29) is 11.9 Å². The monoisotopic (exact) mass is 289 g/mol. The van der Waals surface area contributed by atoms with E-state index in [1.165, 1.54) is 4.90 Å². The molecule has 0 N–H and O–H groups in total. The minimum absolute atomic E-state index is 0.112. The lowest BCUT2D eigenvalue weighted by atomic mass is 10.0. The van der Waals surface area contributed by atoms with Crippen LogP contribution in [0.5, 0.6) is 0 Å². The molecule has 0 spiro atoms. The van der Waals surface area contributed by atoms with Gasteiger partial charge in [-0.15, -0.1) is 0 Å². The third-order valence-electron chi connectivity index (χ3n) is 4.09. The van der Waals surface area contributed by atoms with Crippen molar-refractivity contribution < 1.29 is 14.3 Å². The molecule has 1 fully saturated rings. The molecule has 1 aromatic carbocycles. The van der Waals surface area contributed by atoms with Crippen LogP contribution in [0.15, 0.2) is 30.3 Å². The smallest absolute Gasteiger partial charge is 0.416 e. The summed E-state index contributed by atoms with van der Waals surface area (Å²) in [5.41, 5.74) is 1.11. The average molecular weight is 289 g/mol. The molecule has 2 atom stereocenters. The zero-order valence-corrected chi connectivity index (χ0v) is 12.7. The number of hydrogen-bond donors (Lipinski definition) is 0. The molecule has 4 heteroatoms. The molecule has 4 nitrogen and oxygen atoms in total. The number of cyclic esters (lactones) is 1. The van der Waals surface area contributed by atoms with Gasteiger partial charge in [0, 0.05) is 6.42 Å². The number of imide groups is 1. The van der Waals surface area contributed by atoms with Crippen molar-refractivity contribution in [3.05, 3.63) is 35.9 Å². The van der Waals surface area contributed by atoms with Crippen molar-refractivity contribution in [1.29, 1.82) is 0 Å². The van der Waals surface area contributed by atoms with Crippen molar-refractivity contribution in [2.75, 3.05) is 6.61 Å². The van der Waals surface area contributed by atoms with Gasteiger partial charge in [0.1, 0.15) is 6.61 Å². The summed E-state index contributed by atoms with van der Waals surface area (Å²) in [4.78, 5) is 25.4. The van der Waals surface area contributed by atoms with Crippen LogP contribution >= 0.6 is 0 Å². The van der Waals surface area contributed by atoms with E-state index < -0.39 is 6.09 Å². The van der Waals surface area contributed by atoms with E-state index in [2.05, 4.69) is 13.8 Å². The highest BCUT2D eigenvalue weighted by atomic mass is 16.6. The standard InChI is InChI=1S/C17H23NO3/c1-3-13(2)9-10-16(19)18-15(12-21-17(18)20)11-14-7-5-4-6-8-14/h4-8,13,15H,3,9-12H2,1-2H3/t13-,15+/m1/s1. The first kappa shape index (κ1) is 15.5. The van der Waals surface area contributed by atoms with E-state index in [1.807, 2.05) is 30.3 Å². The second-order valence-corrected chi connectivity index (χ2v) is 5.74. The fourth-order valence-electron chi connectivity index (χ4n) is 2.50. The molecular weight excluding hydrogens is 266 g/mol. The number of carbonyl (C=O) groups is 2. The Hall–Kier alpha value is -1.84. The fraction of sp³-hybridized carbons (Fsp3) is 0.529. The van der Waals surface area contributed by atoms with Crippen molar-refractivity contribution in [1.82, 2.24) is 4.90 Å². The summed E-state index contributed by atoms with van der Waals surface area (Å²) in [6, 6.07) is 9.71. The van der Waals surface area contributed by atoms with Crippen LogP contribution in [0.25, 0.3) is 0 Å². The lowest BCUT2D eigenvalue weighted by Gasteiger charge is -2.20. The second kappa shape index (κ2) is 7.25. The molecule has 114 valence electrons. The molecular formula is C17H23NO3. The zero-order chi connectivity index (χ0) is 15.2. The van der Waals surface area contributed by atoms with Crippen molar-refractivity contribution in [2.45, 2.75) is 45.6 Å². The molecule has 2 amide bonds.